The molecule has 1 unspecified atom stereocenters. The Labute approximate surface area is 117 Å². The Hall–Kier alpha value is -1.19. The van der Waals surface area contributed by atoms with E-state index in [1.165, 1.54) is 6.08 Å². The van der Waals surface area contributed by atoms with Crippen LogP contribution in [0.5, 0.6) is 5.75 Å². The van der Waals surface area contributed by atoms with Crippen molar-refractivity contribution in [1.82, 2.24) is 4.90 Å². The highest BCUT2D eigenvalue weighted by Gasteiger charge is 2.13. The van der Waals surface area contributed by atoms with E-state index < -0.39 is 6.10 Å². The van der Waals surface area contributed by atoms with Gasteiger partial charge in [0, 0.05) is 31.4 Å². The molecule has 0 fully saturated rings. The minimum Gasteiger partial charge on any atom is -0.481 e. The average Bonchev–Trinajstić information content (AvgIpc) is 2.29. The Morgan fingerprint density at radius 3 is 2.61 bits per heavy atom. The average molecular weight is 288 g/mol. The molecule has 3 nitrogen and oxygen atoms in total. The first-order valence-corrected chi connectivity index (χ1v) is 6.16. The molecule has 0 aliphatic rings. The molecule has 5 heteroatoms. The van der Waals surface area contributed by atoms with Gasteiger partial charge in [0.05, 0.1) is 5.02 Å². The number of halogens is 2. The van der Waals surface area contributed by atoms with E-state index in [4.69, 9.17) is 27.9 Å². The van der Waals surface area contributed by atoms with Crippen molar-refractivity contribution in [2.24, 2.45) is 0 Å². The maximum absolute atomic E-state index is 11.7. The predicted molar refractivity (Wildman–Crippen MR) is 74.4 cm³/mol. The van der Waals surface area contributed by atoms with Crippen LogP contribution in [0.1, 0.15) is 6.92 Å². The molecule has 0 aliphatic heterocycles. The van der Waals surface area contributed by atoms with E-state index in [9.17, 15) is 4.79 Å². The van der Waals surface area contributed by atoms with E-state index in [1.54, 1.807) is 36.2 Å². The minimum atomic E-state index is -0.597. The Bertz CT molecular complexity index is 458. The van der Waals surface area contributed by atoms with Gasteiger partial charge in [-0.05, 0) is 25.1 Å². The van der Waals surface area contributed by atoms with Crippen molar-refractivity contribution in [2.45, 2.75) is 13.0 Å². The quantitative estimate of drug-likeness (QED) is 0.778. The summed E-state index contributed by atoms with van der Waals surface area (Å²) in [5.74, 6) is 0.315. The van der Waals surface area contributed by atoms with Crippen LogP contribution in [-0.4, -0.2) is 30.9 Å². The van der Waals surface area contributed by atoms with Crippen molar-refractivity contribution < 1.29 is 9.53 Å². The standard InChI is InChI=1S/C13H15Cl2NO2/c1-9(12(17)6-7-16(2)3)18-13-5-4-10(14)8-11(13)15/h4-9H,1-3H3/b7-6+. The Morgan fingerprint density at radius 1 is 1.39 bits per heavy atom. The fourth-order valence-electron chi connectivity index (χ4n) is 1.18. The number of ether oxygens (including phenoxy) is 1. The number of hydrogen-bond donors (Lipinski definition) is 0. The second-order valence-corrected chi connectivity index (χ2v) is 4.86. The molecule has 0 saturated carbocycles. The summed E-state index contributed by atoms with van der Waals surface area (Å²) in [7, 11) is 3.68. The minimum absolute atomic E-state index is 0.130. The Kier molecular flexibility index (Phi) is 5.51. The lowest BCUT2D eigenvalue weighted by atomic mass is 10.2. The fourth-order valence-corrected chi connectivity index (χ4v) is 1.63. The van der Waals surface area contributed by atoms with Gasteiger partial charge in [0.1, 0.15) is 5.75 Å². The fraction of sp³-hybridized carbons (Fsp3) is 0.308. The van der Waals surface area contributed by atoms with Gasteiger partial charge in [-0.25, -0.2) is 0 Å². The molecule has 1 atom stereocenters. The van der Waals surface area contributed by atoms with Crippen molar-refractivity contribution in [1.29, 1.82) is 0 Å². The second kappa shape index (κ2) is 6.66. The van der Waals surface area contributed by atoms with Gasteiger partial charge in [0.15, 0.2) is 11.9 Å². The van der Waals surface area contributed by atoms with Crippen LogP contribution in [-0.2, 0) is 4.79 Å². The molecule has 0 radical (unpaired) electrons. The molecular formula is C13H15Cl2NO2. The summed E-state index contributed by atoms with van der Waals surface area (Å²) < 4.78 is 5.48. The van der Waals surface area contributed by atoms with Crippen LogP contribution in [0, 0.1) is 0 Å². The molecule has 98 valence electrons. The van der Waals surface area contributed by atoms with Gasteiger partial charge in [-0.3, -0.25) is 4.79 Å². The van der Waals surface area contributed by atoms with E-state index >= 15 is 0 Å². The summed E-state index contributed by atoms with van der Waals surface area (Å²) in [6.07, 6.45) is 2.54. The molecule has 0 amide bonds. The molecule has 0 heterocycles. The summed E-state index contributed by atoms with van der Waals surface area (Å²) in [5.41, 5.74) is 0. The zero-order valence-corrected chi connectivity index (χ0v) is 12.0. The number of carbonyl (C=O) groups excluding carboxylic acids is 1. The maximum atomic E-state index is 11.7. The van der Waals surface area contributed by atoms with E-state index in [0.717, 1.165) is 0 Å². The lowest BCUT2D eigenvalue weighted by molar-refractivity contribution is -0.120. The van der Waals surface area contributed by atoms with E-state index in [0.29, 0.717) is 15.8 Å². The highest BCUT2D eigenvalue weighted by Crippen LogP contribution is 2.28. The number of rotatable bonds is 5. The van der Waals surface area contributed by atoms with Gasteiger partial charge < -0.3 is 9.64 Å². The first-order chi connectivity index (χ1) is 8.40. The molecule has 1 aromatic carbocycles. The highest BCUT2D eigenvalue weighted by molar-refractivity contribution is 6.35. The number of nitrogens with zero attached hydrogens (tertiary/aromatic N) is 1. The molecule has 0 N–H and O–H groups in total. The normalized spacial score (nSPS) is 12.5. The lowest BCUT2D eigenvalue weighted by Gasteiger charge is -2.13. The molecule has 0 saturated heterocycles. The number of benzene rings is 1. The van der Waals surface area contributed by atoms with Gasteiger partial charge >= 0.3 is 0 Å². The SMILES string of the molecule is CC(Oc1ccc(Cl)cc1Cl)C(=O)/C=C/N(C)C. The molecule has 18 heavy (non-hydrogen) atoms. The first-order valence-electron chi connectivity index (χ1n) is 5.40. The zero-order valence-electron chi connectivity index (χ0n) is 10.5. The van der Waals surface area contributed by atoms with Gasteiger partial charge in [-0.2, -0.15) is 0 Å². The molecular weight excluding hydrogens is 273 g/mol. The Balaban J connectivity index is 2.69. The highest BCUT2D eigenvalue weighted by atomic mass is 35.5. The van der Waals surface area contributed by atoms with Crippen molar-refractivity contribution in [3.63, 3.8) is 0 Å². The summed E-state index contributed by atoms with van der Waals surface area (Å²) in [4.78, 5) is 13.5. The summed E-state index contributed by atoms with van der Waals surface area (Å²) in [6, 6.07) is 4.88. The van der Waals surface area contributed by atoms with Gasteiger partial charge in [-0.1, -0.05) is 23.2 Å². The van der Waals surface area contributed by atoms with Crippen LogP contribution in [0.2, 0.25) is 10.0 Å². The molecule has 0 spiro atoms. The van der Waals surface area contributed by atoms with Gasteiger partial charge in [0.25, 0.3) is 0 Å². The lowest BCUT2D eigenvalue weighted by Crippen LogP contribution is -2.22. The third kappa shape index (κ3) is 4.59. The van der Waals surface area contributed by atoms with Crippen LogP contribution >= 0.6 is 23.2 Å². The van der Waals surface area contributed by atoms with Crippen LogP contribution in [0.3, 0.4) is 0 Å². The van der Waals surface area contributed by atoms with E-state index in [1.807, 2.05) is 14.1 Å². The van der Waals surface area contributed by atoms with Gasteiger partial charge in [-0.15, -0.1) is 0 Å². The van der Waals surface area contributed by atoms with Crippen LogP contribution in [0.15, 0.2) is 30.5 Å². The molecule has 1 aromatic rings. The summed E-state index contributed by atoms with van der Waals surface area (Å²) in [5, 5.41) is 0.914. The van der Waals surface area contributed by atoms with E-state index in [2.05, 4.69) is 0 Å². The Morgan fingerprint density at radius 2 is 2.06 bits per heavy atom. The molecule has 0 aliphatic carbocycles. The first kappa shape index (κ1) is 14.9. The largest absolute Gasteiger partial charge is 0.481 e. The maximum Gasteiger partial charge on any atom is 0.197 e. The van der Waals surface area contributed by atoms with Crippen LogP contribution in [0.4, 0.5) is 0 Å². The molecule has 0 bridgehead atoms. The third-order valence-electron chi connectivity index (χ3n) is 2.14. The summed E-state index contributed by atoms with van der Waals surface area (Å²) in [6.45, 7) is 1.67. The number of ketones is 1. The molecule has 1 rings (SSSR count). The predicted octanol–water partition coefficient (Wildman–Crippen LogP) is 3.41. The van der Waals surface area contributed by atoms with Crippen LogP contribution in [0.25, 0.3) is 0 Å². The molecule has 0 aromatic heterocycles. The monoisotopic (exact) mass is 287 g/mol. The smallest absolute Gasteiger partial charge is 0.197 e. The third-order valence-corrected chi connectivity index (χ3v) is 2.67. The van der Waals surface area contributed by atoms with Crippen molar-refractivity contribution in [2.75, 3.05) is 14.1 Å². The van der Waals surface area contributed by atoms with Crippen LogP contribution < -0.4 is 4.74 Å². The number of carbonyl (C=O) groups is 1. The van der Waals surface area contributed by atoms with Crippen molar-refractivity contribution in [3.8, 4) is 5.75 Å². The summed E-state index contributed by atoms with van der Waals surface area (Å²) >= 11 is 11.7. The van der Waals surface area contributed by atoms with Crippen molar-refractivity contribution in [3.05, 3.63) is 40.5 Å². The van der Waals surface area contributed by atoms with Gasteiger partial charge in [0.2, 0.25) is 0 Å². The van der Waals surface area contributed by atoms with E-state index in [-0.39, 0.29) is 5.78 Å². The second-order valence-electron chi connectivity index (χ2n) is 4.02. The zero-order chi connectivity index (χ0) is 13.7. The topological polar surface area (TPSA) is 29.5 Å². The van der Waals surface area contributed by atoms with Crippen molar-refractivity contribution >= 4 is 29.0 Å². The number of hydrogen-bond acceptors (Lipinski definition) is 3.